The van der Waals surface area contributed by atoms with Crippen molar-refractivity contribution < 1.29 is 19.0 Å². The number of aryl methyl sites for hydroxylation is 1. The van der Waals surface area contributed by atoms with Crippen molar-refractivity contribution in [2.24, 2.45) is 0 Å². The molecule has 1 atom stereocenters. The molecule has 0 aliphatic carbocycles. The largest absolute Gasteiger partial charge is 0.493 e. The third-order valence-corrected chi connectivity index (χ3v) is 5.05. The smallest absolute Gasteiger partial charge is 0.233 e. The summed E-state index contributed by atoms with van der Waals surface area (Å²) in [5.74, 6) is 1.63. The molecule has 0 aliphatic rings. The Morgan fingerprint density at radius 1 is 1.00 bits per heavy atom. The molecule has 0 bridgehead atoms. The molecule has 1 N–H and O–H groups in total. The van der Waals surface area contributed by atoms with Crippen molar-refractivity contribution in [2.75, 3.05) is 21.3 Å². The first-order valence-corrected chi connectivity index (χ1v) is 9.17. The van der Waals surface area contributed by atoms with Crippen LogP contribution in [0.2, 0.25) is 0 Å². The fraction of sp³-hybridized carbons (Fsp3) is 0.350. The van der Waals surface area contributed by atoms with Crippen LogP contribution in [0.15, 0.2) is 41.3 Å². The standard InChI is InChI=1S/C20H25NO4S/c1-13-6-9-16(10-7-13)26-14(2)20(22)21-12-15-8-11-17(23-3)19(25-5)18(15)24-4/h6-11,14H,12H2,1-5H3,(H,21,22)/t14-/m0/s1. The van der Waals surface area contributed by atoms with Crippen molar-refractivity contribution in [2.45, 2.75) is 30.5 Å². The van der Waals surface area contributed by atoms with Crippen LogP contribution < -0.4 is 19.5 Å². The minimum absolute atomic E-state index is 0.0348. The number of ether oxygens (including phenoxy) is 3. The minimum Gasteiger partial charge on any atom is -0.493 e. The van der Waals surface area contributed by atoms with Gasteiger partial charge >= 0.3 is 0 Å². The Hall–Kier alpha value is -2.34. The number of hydrogen-bond donors (Lipinski definition) is 1. The number of rotatable bonds is 8. The molecule has 1 amide bonds. The summed E-state index contributed by atoms with van der Waals surface area (Å²) < 4.78 is 16.1. The fourth-order valence-electron chi connectivity index (χ4n) is 2.50. The summed E-state index contributed by atoms with van der Waals surface area (Å²) in [5, 5.41) is 2.75. The molecule has 140 valence electrons. The molecule has 0 saturated carbocycles. The van der Waals surface area contributed by atoms with E-state index in [9.17, 15) is 4.79 Å². The Balaban J connectivity index is 2.03. The summed E-state index contributed by atoms with van der Waals surface area (Å²) in [5.41, 5.74) is 2.03. The molecule has 6 heteroatoms. The number of nitrogens with one attached hydrogen (secondary N) is 1. The zero-order valence-electron chi connectivity index (χ0n) is 15.8. The van der Waals surface area contributed by atoms with Crippen molar-refractivity contribution in [1.82, 2.24) is 5.32 Å². The first kappa shape index (κ1) is 20.0. The number of amides is 1. The first-order valence-electron chi connectivity index (χ1n) is 8.29. The van der Waals surface area contributed by atoms with Crippen molar-refractivity contribution in [3.8, 4) is 17.2 Å². The van der Waals surface area contributed by atoms with E-state index >= 15 is 0 Å². The Bertz CT molecular complexity index is 746. The molecule has 26 heavy (non-hydrogen) atoms. The highest BCUT2D eigenvalue weighted by molar-refractivity contribution is 8.00. The molecule has 2 rings (SSSR count). The topological polar surface area (TPSA) is 56.8 Å². The second-order valence-corrected chi connectivity index (χ2v) is 7.20. The summed E-state index contributed by atoms with van der Waals surface area (Å²) >= 11 is 1.53. The number of thioether (sulfide) groups is 1. The lowest BCUT2D eigenvalue weighted by Crippen LogP contribution is -2.30. The van der Waals surface area contributed by atoms with Crippen LogP contribution in [-0.4, -0.2) is 32.5 Å². The summed E-state index contributed by atoms with van der Waals surface area (Å²) in [6, 6.07) is 11.8. The Morgan fingerprint density at radius 2 is 1.65 bits per heavy atom. The maximum Gasteiger partial charge on any atom is 0.233 e. The molecular weight excluding hydrogens is 350 g/mol. The van der Waals surface area contributed by atoms with Crippen LogP contribution in [0.5, 0.6) is 17.2 Å². The van der Waals surface area contributed by atoms with Crippen LogP contribution in [-0.2, 0) is 11.3 Å². The van der Waals surface area contributed by atoms with E-state index in [0.29, 0.717) is 23.8 Å². The normalized spacial score (nSPS) is 11.6. The van der Waals surface area contributed by atoms with E-state index in [1.165, 1.54) is 17.3 Å². The monoisotopic (exact) mass is 375 g/mol. The van der Waals surface area contributed by atoms with E-state index < -0.39 is 0 Å². The van der Waals surface area contributed by atoms with Crippen molar-refractivity contribution in [1.29, 1.82) is 0 Å². The van der Waals surface area contributed by atoms with Gasteiger partial charge in [0.15, 0.2) is 11.5 Å². The van der Waals surface area contributed by atoms with Gasteiger partial charge < -0.3 is 19.5 Å². The molecule has 0 aromatic heterocycles. The number of carbonyl (C=O) groups is 1. The quantitative estimate of drug-likeness (QED) is 0.711. The highest BCUT2D eigenvalue weighted by Crippen LogP contribution is 2.39. The lowest BCUT2D eigenvalue weighted by Gasteiger charge is -2.17. The summed E-state index contributed by atoms with van der Waals surface area (Å²) in [6.07, 6.45) is 0. The van der Waals surface area contributed by atoms with Crippen LogP contribution in [0, 0.1) is 6.92 Å². The number of methoxy groups -OCH3 is 3. The maximum atomic E-state index is 12.4. The Kier molecular flexibility index (Phi) is 7.21. The summed E-state index contributed by atoms with van der Waals surface area (Å²) in [7, 11) is 4.70. The van der Waals surface area contributed by atoms with E-state index in [1.807, 2.05) is 44.2 Å². The number of benzene rings is 2. The van der Waals surface area contributed by atoms with Crippen molar-refractivity contribution in [3.05, 3.63) is 47.5 Å². The predicted molar refractivity (Wildman–Crippen MR) is 104 cm³/mol. The van der Waals surface area contributed by atoms with Crippen LogP contribution in [0.3, 0.4) is 0 Å². The van der Waals surface area contributed by atoms with E-state index in [0.717, 1.165) is 10.5 Å². The van der Waals surface area contributed by atoms with Gasteiger partial charge in [0.1, 0.15) is 0 Å². The molecule has 0 spiro atoms. The zero-order chi connectivity index (χ0) is 19.1. The van der Waals surface area contributed by atoms with Gasteiger partial charge in [0.25, 0.3) is 0 Å². The average molecular weight is 375 g/mol. The van der Waals surface area contributed by atoms with Crippen LogP contribution in [0.1, 0.15) is 18.1 Å². The van der Waals surface area contributed by atoms with Crippen LogP contribution in [0.25, 0.3) is 0 Å². The van der Waals surface area contributed by atoms with Gasteiger partial charge in [-0.15, -0.1) is 11.8 Å². The average Bonchev–Trinajstić information content (AvgIpc) is 2.66. The molecule has 0 heterocycles. The van der Waals surface area contributed by atoms with Gasteiger partial charge in [-0.05, 0) is 38.1 Å². The Morgan fingerprint density at radius 3 is 2.23 bits per heavy atom. The Labute approximate surface area is 159 Å². The molecule has 2 aromatic carbocycles. The third kappa shape index (κ3) is 4.85. The predicted octanol–water partition coefficient (Wildman–Crippen LogP) is 3.82. The molecule has 0 unspecified atom stereocenters. The van der Waals surface area contributed by atoms with E-state index in [4.69, 9.17) is 14.2 Å². The molecule has 0 fully saturated rings. The van der Waals surface area contributed by atoms with E-state index in [1.54, 1.807) is 27.4 Å². The van der Waals surface area contributed by atoms with Gasteiger partial charge in [0.05, 0.1) is 26.6 Å². The molecule has 0 radical (unpaired) electrons. The molecular formula is C20H25NO4S. The van der Waals surface area contributed by atoms with Gasteiger partial charge in [-0.2, -0.15) is 0 Å². The summed E-state index contributed by atoms with van der Waals surface area (Å²) in [6.45, 7) is 4.29. The van der Waals surface area contributed by atoms with Crippen molar-refractivity contribution >= 4 is 17.7 Å². The van der Waals surface area contributed by atoms with E-state index in [-0.39, 0.29) is 11.2 Å². The minimum atomic E-state index is -0.205. The van der Waals surface area contributed by atoms with Gasteiger partial charge in [-0.1, -0.05) is 17.7 Å². The molecule has 0 saturated heterocycles. The molecule has 5 nitrogen and oxygen atoms in total. The lowest BCUT2D eigenvalue weighted by atomic mass is 10.1. The highest BCUT2D eigenvalue weighted by atomic mass is 32.2. The first-order chi connectivity index (χ1) is 12.5. The highest BCUT2D eigenvalue weighted by Gasteiger charge is 2.18. The number of carbonyl (C=O) groups excluding carboxylic acids is 1. The lowest BCUT2D eigenvalue weighted by molar-refractivity contribution is -0.120. The van der Waals surface area contributed by atoms with Gasteiger partial charge in [-0.25, -0.2) is 0 Å². The fourth-order valence-corrected chi connectivity index (χ4v) is 3.39. The second-order valence-electron chi connectivity index (χ2n) is 5.78. The van der Waals surface area contributed by atoms with Gasteiger partial charge in [0.2, 0.25) is 11.7 Å². The van der Waals surface area contributed by atoms with Gasteiger partial charge in [-0.3, -0.25) is 4.79 Å². The van der Waals surface area contributed by atoms with Crippen LogP contribution in [0.4, 0.5) is 0 Å². The SMILES string of the molecule is COc1ccc(CNC(=O)[C@H](C)Sc2ccc(C)cc2)c(OC)c1OC. The molecule has 2 aromatic rings. The zero-order valence-corrected chi connectivity index (χ0v) is 16.6. The van der Waals surface area contributed by atoms with Crippen LogP contribution >= 0.6 is 11.8 Å². The summed E-state index contributed by atoms with van der Waals surface area (Å²) in [4.78, 5) is 13.5. The third-order valence-electron chi connectivity index (χ3n) is 3.94. The van der Waals surface area contributed by atoms with Crippen molar-refractivity contribution in [3.63, 3.8) is 0 Å². The maximum absolute atomic E-state index is 12.4. The number of hydrogen-bond acceptors (Lipinski definition) is 5. The molecule has 0 aliphatic heterocycles. The van der Waals surface area contributed by atoms with Gasteiger partial charge in [0, 0.05) is 17.0 Å². The van der Waals surface area contributed by atoms with E-state index in [2.05, 4.69) is 5.32 Å². The second kappa shape index (κ2) is 9.38.